The van der Waals surface area contributed by atoms with Crippen LogP contribution in [0, 0.1) is 2.88 Å². The lowest BCUT2D eigenvalue weighted by molar-refractivity contribution is 0.0915. The van der Waals surface area contributed by atoms with E-state index < -0.39 is 0 Å². The molecule has 4 N–H and O–H groups in total. The molecule has 2 rings (SSSR count). The number of rotatable bonds is 4. The zero-order valence-corrected chi connectivity index (χ0v) is 13.9. The van der Waals surface area contributed by atoms with E-state index in [1.54, 1.807) is 11.3 Å². The van der Waals surface area contributed by atoms with Gasteiger partial charge in [0.1, 0.15) is 0 Å². The highest BCUT2D eigenvalue weighted by Gasteiger charge is 2.21. The van der Waals surface area contributed by atoms with Gasteiger partial charge in [-0.25, -0.2) is 0 Å². The Kier molecular flexibility index (Phi) is 5.61. The lowest BCUT2D eigenvalue weighted by atomic mass is 10.0. The number of likely N-dealkylation sites (tertiary alicyclic amines) is 1. The van der Waals surface area contributed by atoms with Crippen molar-refractivity contribution in [3.05, 3.63) is 19.9 Å². The number of carbonyl (C=O) groups excluding carboxylic acids is 1. The van der Waals surface area contributed by atoms with Crippen LogP contribution < -0.4 is 11.1 Å². The van der Waals surface area contributed by atoms with Crippen LogP contribution in [0.3, 0.4) is 0 Å². The predicted octanol–water partition coefficient (Wildman–Crippen LogP) is 1.29. The molecule has 0 bridgehead atoms. The van der Waals surface area contributed by atoms with Gasteiger partial charge < -0.3 is 16.3 Å². The van der Waals surface area contributed by atoms with Gasteiger partial charge in [-0.15, -0.1) is 11.3 Å². The SMILES string of the molecule is NC(CN1CCC(NC(=O)c2csc(I)c2)CC1)=NO. The molecule has 0 radical (unpaired) electrons. The highest BCUT2D eigenvalue weighted by atomic mass is 127. The number of hydrogen-bond acceptors (Lipinski definition) is 5. The van der Waals surface area contributed by atoms with Gasteiger partial charge >= 0.3 is 0 Å². The summed E-state index contributed by atoms with van der Waals surface area (Å²) in [5, 5.41) is 16.5. The average molecular weight is 408 g/mol. The van der Waals surface area contributed by atoms with E-state index >= 15 is 0 Å². The molecule has 0 saturated carbocycles. The molecule has 2 heterocycles. The van der Waals surface area contributed by atoms with Gasteiger partial charge in [0, 0.05) is 24.5 Å². The van der Waals surface area contributed by atoms with E-state index in [0.717, 1.165) is 34.4 Å². The van der Waals surface area contributed by atoms with Crippen LogP contribution in [0.4, 0.5) is 0 Å². The number of carbonyl (C=O) groups is 1. The molecule has 1 amide bonds. The van der Waals surface area contributed by atoms with Crippen LogP contribution >= 0.6 is 33.9 Å². The quantitative estimate of drug-likeness (QED) is 0.230. The minimum Gasteiger partial charge on any atom is -0.409 e. The fourth-order valence-electron chi connectivity index (χ4n) is 2.19. The molecular weight excluding hydrogens is 391 g/mol. The summed E-state index contributed by atoms with van der Waals surface area (Å²) >= 11 is 3.78. The zero-order valence-electron chi connectivity index (χ0n) is 10.9. The van der Waals surface area contributed by atoms with Gasteiger partial charge in [0.05, 0.1) is 15.0 Å². The maximum atomic E-state index is 12.0. The summed E-state index contributed by atoms with van der Waals surface area (Å²) in [6, 6.07) is 2.09. The molecule has 0 atom stereocenters. The van der Waals surface area contributed by atoms with E-state index in [1.807, 2.05) is 11.4 Å². The summed E-state index contributed by atoms with van der Waals surface area (Å²) in [5.41, 5.74) is 6.22. The molecular formula is C12H17IN4O2S. The van der Waals surface area contributed by atoms with Crippen LogP contribution in [-0.4, -0.2) is 47.5 Å². The molecule has 1 saturated heterocycles. The molecule has 1 fully saturated rings. The van der Waals surface area contributed by atoms with Crippen molar-refractivity contribution >= 4 is 45.7 Å². The number of oxime groups is 1. The van der Waals surface area contributed by atoms with Crippen molar-refractivity contribution in [2.45, 2.75) is 18.9 Å². The highest BCUT2D eigenvalue weighted by molar-refractivity contribution is 14.1. The molecule has 20 heavy (non-hydrogen) atoms. The van der Waals surface area contributed by atoms with Crippen LogP contribution in [0.1, 0.15) is 23.2 Å². The first kappa shape index (κ1) is 15.5. The van der Waals surface area contributed by atoms with Crippen LogP contribution in [0.25, 0.3) is 0 Å². The number of piperidine rings is 1. The van der Waals surface area contributed by atoms with E-state index in [2.05, 4.69) is 38.0 Å². The Morgan fingerprint density at radius 2 is 2.30 bits per heavy atom. The largest absolute Gasteiger partial charge is 0.409 e. The smallest absolute Gasteiger partial charge is 0.252 e. The Bertz CT molecular complexity index is 497. The predicted molar refractivity (Wildman–Crippen MR) is 87.4 cm³/mol. The minimum atomic E-state index is -0.000879. The zero-order chi connectivity index (χ0) is 14.5. The van der Waals surface area contributed by atoms with E-state index in [4.69, 9.17) is 10.9 Å². The summed E-state index contributed by atoms with van der Waals surface area (Å²) in [7, 11) is 0. The lowest BCUT2D eigenvalue weighted by Crippen LogP contribution is -2.46. The molecule has 1 aliphatic heterocycles. The van der Waals surface area contributed by atoms with Crippen molar-refractivity contribution in [3.63, 3.8) is 0 Å². The average Bonchev–Trinajstić information content (AvgIpc) is 2.87. The van der Waals surface area contributed by atoms with Gasteiger partial charge in [-0.1, -0.05) is 5.16 Å². The van der Waals surface area contributed by atoms with Crippen molar-refractivity contribution < 1.29 is 10.0 Å². The molecule has 0 aliphatic carbocycles. The molecule has 110 valence electrons. The molecule has 1 aromatic rings. The number of amidine groups is 1. The number of nitrogens with one attached hydrogen (secondary N) is 1. The highest BCUT2D eigenvalue weighted by Crippen LogP contribution is 2.17. The van der Waals surface area contributed by atoms with Gasteiger partial charge in [-0.2, -0.15) is 0 Å². The number of nitrogens with two attached hydrogens (primary N) is 1. The number of hydrogen-bond donors (Lipinski definition) is 3. The number of halogens is 1. The van der Waals surface area contributed by atoms with Gasteiger partial charge in [0.25, 0.3) is 5.91 Å². The molecule has 0 unspecified atom stereocenters. The number of nitrogens with zero attached hydrogens (tertiary/aromatic N) is 2. The molecule has 8 heteroatoms. The van der Waals surface area contributed by atoms with Gasteiger partial charge in [-0.05, 0) is 41.5 Å². The second kappa shape index (κ2) is 7.23. The Labute approximate surface area is 135 Å². The van der Waals surface area contributed by atoms with Crippen LogP contribution in [0.2, 0.25) is 0 Å². The van der Waals surface area contributed by atoms with Crippen LogP contribution in [0.15, 0.2) is 16.6 Å². The Morgan fingerprint density at radius 1 is 1.60 bits per heavy atom. The van der Waals surface area contributed by atoms with Crippen molar-refractivity contribution in [3.8, 4) is 0 Å². The fourth-order valence-corrected chi connectivity index (χ4v) is 3.52. The van der Waals surface area contributed by atoms with E-state index in [9.17, 15) is 4.79 Å². The van der Waals surface area contributed by atoms with E-state index in [1.165, 1.54) is 0 Å². The van der Waals surface area contributed by atoms with E-state index in [0.29, 0.717) is 6.54 Å². The topological polar surface area (TPSA) is 91.0 Å². The summed E-state index contributed by atoms with van der Waals surface area (Å²) in [4.78, 5) is 14.2. The second-order valence-corrected chi connectivity index (χ2v) is 7.56. The van der Waals surface area contributed by atoms with Crippen molar-refractivity contribution in [2.75, 3.05) is 19.6 Å². The first-order valence-electron chi connectivity index (χ1n) is 6.32. The maximum absolute atomic E-state index is 12.0. The van der Waals surface area contributed by atoms with Gasteiger partial charge in [-0.3, -0.25) is 9.69 Å². The van der Waals surface area contributed by atoms with Crippen LogP contribution in [0.5, 0.6) is 0 Å². The summed E-state index contributed by atoms with van der Waals surface area (Å²) < 4.78 is 1.11. The lowest BCUT2D eigenvalue weighted by Gasteiger charge is -2.31. The Hall–Kier alpha value is -0.870. The second-order valence-electron chi connectivity index (χ2n) is 4.75. The maximum Gasteiger partial charge on any atom is 0.252 e. The van der Waals surface area contributed by atoms with Crippen molar-refractivity contribution in [1.82, 2.24) is 10.2 Å². The third-order valence-corrected chi connectivity index (χ3v) is 5.06. The van der Waals surface area contributed by atoms with Crippen LogP contribution in [-0.2, 0) is 0 Å². The minimum absolute atomic E-state index is 0.000879. The molecule has 6 nitrogen and oxygen atoms in total. The molecule has 1 aliphatic rings. The fraction of sp³-hybridized carbons (Fsp3) is 0.500. The Morgan fingerprint density at radius 3 is 2.85 bits per heavy atom. The normalized spacial score (nSPS) is 18.1. The van der Waals surface area contributed by atoms with Crippen molar-refractivity contribution in [1.29, 1.82) is 0 Å². The first-order valence-corrected chi connectivity index (χ1v) is 8.28. The van der Waals surface area contributed by atoms with Gasteiger partial charge in [0.15, 0.2) is 5.84 Å². The van der Waals surface area contributed by atoms with Gasteiger partial charge in [0.2, 0.25) is 0 Å². The molecule has 0 spiro atoms. The number of thiophene rings is 1. The third kappa shape index (κ3) is 4.32. The monoisotopic (exact) mass is 408 g/mol. The molecule has 0 aromatic carbocycles. The van der Waals surface area contributed by atoms with E-state index in [-0.39, 0.29) is 17.8 Å². The molecule has 1 aromatic heterocycles. The first-order chi connectivity index (χ1) is 9.58. The van der Waals surface area contributed by atoms with Crippen molar-refractivity contribution in [2.24, 2.45) is 10.9 Å². The third-order valence-electron chi connectivity index (χ3n) is 3.27. The standard InChI is InChI=1S/C12H17IN4O2S/c13-10-5-8(7-20-10)12(18)15-9-1-3-17(4-2-9)6-11(14)16-19/h5,7,9,19H,1-4,6H2,(H2,14,16)(H,15,18). The summed E-state index contributed by atoms with van der Waals surface area (Å²) in [6.07, 6.45) is 1.76. The summed E-state index contributed by atoms with van der Waals surface area (Å²) in [5.74, 6) is 0.222. The summed E-state index contributed by atoms with van der Waals surface area (Å²) in [6.45, 7) is 2.14. The number of amides is 1. The Balaban J connectivity index is 1.78.